The first-order valence-electron chi connectivity index (χ1n) is 9.75. The zero-order chi connectivity index (χ0) is 22.7. The summed E-state index contributed by atoms with van der Waals surface area (Å²) in [7, 11) is 1.88. The van der Waals surface area contributed by atoms with Gasteiger partial charge in [0.25, 0.3) is 5.91 Å². The summed E-state index contributed by atoms with van der Waals surface area (Å²) in [6.45, 7) is 1.37. The number of para-hydroxylation sites is 1. The molecular formula is C22H19Cl3N6O. The zero-order valence-electron chi connectivity index (χ0n) is 17.0. The first-order valence-corrected chi connectivity index (χ1v) is 10.9. The van der Waals surface area contributed by atoms with Crippen LogP contribution in [0.5, 0.6) is 0 Å². The molecule has 0 radical (unpaired) electrons. The minimum absolute atomic E-state index is 0.310. The lowest BCUT2D eigenvalue weighted by molar-refractivity contribution is 0.102. The van der Waals surface area contributed by atoms with Crippen LogP contribution in [-0.4, -0.2) is 34.0 Å². The van der Waals surface area contributed by atoms with Crippen molar-refractivity contribution in [1.29, 1.82) is 0 Å². The third kappa shape index (κ3) is 4.81. The molecular weight excluding hydrogens is 471 g/mol. The summed E-state index contributed by atoms with van der Waals surface area (Å²) < 4.78 is 2.01. The number of nitrogens with zero attached hydrogens (tertiary/aromatic N) is 3. The first-order chi connectivity index (χ1) is 15.5. The van der Waals surface area contributed by atoms with E-state index in [-0.39, 0.29) is 5.91 Å². The predicted octanol–water partition coefficient (Wildman–Crippen LogP) is 5.61. The molecule has 32 heavy (non-hydrogen) atoms. The van der Waals surface area contributed by atoms with Gasteiger partial charge in [-0.2, -0.15) is 0 Å². The number of carbonyl (C=O) groups is 1. The summed E-state index contributed by atoms with van der Waals surface area (Å²) in [6, 6.07) is 13.8. The SMILES string of the molecule is CNCCn1c(Nc2c(Cl)cccc2Cl)nc2cc(C(=O)Nc3cc(Cl)ccn3)ccc21. The number of rotatable bonds is 7. The maximum Gasteiger partial charge on any atom is 0.256 e. The van der Waals surface area contributed by atoms with Crippen LogP contribution in [0.2, 0.25) is 15.1 Å². The molecule has 0 saturated heterocycles. The minimum atomic E-state index is -0.310. The fraction of sp³-hybridized carbons (Fsp3) is 0.136. The Labute approximate surface area is 199 Å². The Morgan fingerprint density at radius 1 is 1.06 bits per heavy atom. The standard InChI is InChI=1S/C22H19Cl3N6O/c1-26-9-10-31-18-6-5-13(21(32)29-19-12-14(23)7-8-27-19)11-17(18)28-22(31)30-20-15(24)3-2-4-16(20)25/h2-8,11-12,26H,9-10H2,1H3,(H,28,30)(H,27,29,32). The van der Waals surface area contributed by atoms with Gasteiger partial charge in [0, 0.05) is 29.9 Å². The van der Waals surface area contributed by atoms with E-state index in [0.717, 1.165) is 12.1 Å². The second kappa shape index (κ2) is 9.75. The third-order valence-corrected chi connectivity index (χ3v) is 5.62. The van der Waals surface area contributed by atoms with Gasteiger partial charge in [-0.15, -0.1) is 0 Å². The van der Waals surface area contributed by atoms with Crippen LogP contribution in [0.4, 0.5) is 17.5 Å². The molecule has 10 heteroatoms. The molecule has 0 spiro atoms. The molecule has 0 saturated carbocycles. The zero-order valence-corrected chi connectivity index (χ0v) is 19.3. The molecule has 0 atom stereocenters. The Balaban J connectivity index is 1.69. The van der Waals surface area contributed by atoms with Crippen LogP contribution < -0.4 is 16.0 Å². The number of fused-ring (bicyclic) bond motifs is 1. The number of amides is 1. The summed E-state index contributed by atoms with van der Waals surface area (Å²) >= 11 is 18.6. The largest absolute Gasteiger partial charge is 0.323 e. The average molecular weight is 490 g/mol. The smallest absolute Gasteiger partial charge is 0.256 e. The van der Waals surface area contributed by atoms with E-state index >= 15 is 0 Å². The highest BCUT2D eigenvalue weighted by atomic mass is 35.5. The van der Waals surface area contributed by atoms with E-state index in [2.05, 4.69) is 20.9 Å². The number of anilines is 3. The molecule has 0 bridgehead atoms. The van der Waals surface area contributed by atoms with E-state index < -0.39 is 0 Å². The fourth-order valence-electron chi connectivity index (χ4n) is 3.21. The van der Waals surface area contributed by atoms with Crippen LogP contribution in [0.1, 0.15) is 10.4 Å². The molecule has 4 rings (SSSR count). The fourth-order valence-corrected chi connectivity index (χ4v) is 3.86. The van der Waals surface area contributed by atoms with E-state index in [9.17, 15) is 4.79 Å². The van der Waals surface area contributed by atoms with Crippen LogP contribution in [-0.2, 0) is 6.54 Å². The number of halogens is 3. The Kier molecular flexibility index (Phi) is 6.81. The molecule has 0 fully saturated rings. The Morgan fingerprint density at radius 2 is 1.84 bits per heavy atom. The summed E-state index contributed by atoms with van der Waals surface area (Å²) in [6.07, 6.45) is 1.53. The van der Waals surface area contributed by atoms with Gasteiger partial charge in [-0.25, -0.2) is 9.97 Å². The normalized spacial score (nSPS) is 11.0. The maximum absolute atomic E-state index is 12.7. The monoisotopic (exact) mass is 488 g/mol. The molecule has 7 nitrogen and oxygen atoms in total. The molecule has 0 unspecified atom stereocenters. The lowest BCUT2D eigenvalue weighted by atomic mass is 10.2. The van der Waals surface area contributed by atoms with Crippen molar-refractivity contribution >= 4 is 69.2 Å². The molecule has 4 aromatic rings. The van der Waals surface area contributed by atoms with Crippen molar-refractivity contribution in [3.05, 3.63) is 75.4 Å². The maximum atomic E-state index is 12.7. The first kappa shape index (κ1) is 22.4. The van der Waals surface area contributed by atoms with E-state index in [1.165, 1.54) is 6.20 Å². The van der Waals surface area contributed by atoms with Gasteiger partial charge in [-0.05, 0) is 49.5 Å². The quantitative estimate of drug-likeness (QED) is 0.314. The Morgan fingerprint density at radius 3 is 2.56 bits per heavy atom. The van der Waals surface area contributed by atoms with Gasteiger partial charge in [0.15, 0.2) is 0 Å². The molecule has 3 N–H and O–H groups in total. The molecule has 0 aliphatic rings. The number of pyridine rings is 1. The highest BCUT2D eigenvalue weighted by molar-refractivity contribution is 6.39. The van der Waals surface area contributed by atoms with E-state index in [4.69, 9.17) is 39.8 Å². The van der Waals surface area contributed by atoms with Crippen molar-refractivity contribution in [3.8, 4) is 0 Å². The lowest BCUT2D eigenvalue weighted by Crippen LogP contribution is -2.16. The number of nitrogens with one attached hydrogen (secondary N) is 3. The summed E-state index contributed by atoms with van der Waals surface area (Å²) in [4.78, 5) is 21.5. The van der Waals surface area contributed by atoms with Crippen molar-refractivity contribution in [1.82, 2.24) is 19.9 Å². The second-order valence-electron chi connectivity index (χ2n) is 6.93. The van der Waals surface area contributed by atoms with Crippen LogP contribution in [0.25, 0.3) is 11.0 Å². The van der Waals surface area contributed by atoms with Crippen LogP contribution >= 0.6 is 34.8 Å². The molecule has 2 aromatic heterocycles. The topological polar surface area (TPSA) is 83.9 Å². The van der Waals surface area contributed by atoms with Crippen molar-refractivity contribution in [2.75, 3.05) is 24.2 Å². The van der Waals surface area contributed by atoms with Gasteiger partial charge >= 0.3 is 0 Å². The van der Waals surface area contributed by atoms with Crippen LogP contribution in [0, 0.1) is 0 Å². The van der Waals surface area contributed by atoms with Gasteiger partial charge in [-0.3, -0.25) is 4.79 Å². The van der Waals surface area contributed by atoms with E-state index in [1.54, 1.807) is 42.5 Å². The third-order valence-electron chi connectivity index (χ3n) is 4.76. The molecule has 0 aliphatic carbocycles. The van der Waals surface area contributed by atoms with Gasteiger partial charge < -0.3 is 20.5 Å². The second-order valence-corrected chi connectivity index (χ2v) is 8.18. The van der Waals surface area contributed by atoms with Gasteiger partial charge in [0.05, 0.1) is 26.8 Å². The van der Waals surface area contributed by atoms with Crippen molar-refractivity contribution < 1.29 is 4.79 Å². The number of aromatic nitrogens is 3. The van der Waals surface area contributed by atoms with E-state index in [1.807, 2.05) is 17.7 Å². The number of likely N-dealkylation sites (N-methyl/N-ethyl adjacent to an activating group) is 1. The Hall–Kier alpha value is -2.84. The molecule has 2 aromatic carbocycles. The summed E-state index contributed by atoms with van der Waals surface area (Å²) in [5, 5.41) is 10.6. The van der Waals surface area contributed by atoms with Crippen molar-refractivity contribution in [2.45, 2.75) is 6.54 Å². The minimum Gasteiger partial charge on any atom is -0.323 e. The van der Waals surface area contributed by atoms with Gasteiger partial charge in [-0.1, -0.05) is 40.9 Å². The van der Waals surface area contributed by atoms with Gasteiger partial charge in [0.2, 0.25) is 5.95 Å². The van der Waals surface area contributed by atoms with Crippen molar-refractivity contribution in [2.24, 2.45) is 0 Å². The van der Waals surface area contributed by atoms with Gasteiger partial charge in [0.1, 0.15) is 5.82 Å². The molecule has 0 aliphatic heterocycles. The molecule has 164 valence electrons. The van der Waals surface area contributed by atoms with Crippen LogP contribution in [0.3, 0.4) is 0 Å². The number of hydrogen-bond donors (Lipinski definition) is 3. The number of imidazole rings is 1. The lowest BCUT2D eigenvalue weighted by Gasteiger charge is -2.13. The van der Waals surface area contributed by atoms with E-state index in [0.29, 0.717) is 50.1 Å². The predicted molar refractivity (Wildman–Crippen MR) is 131 cm³/mol. The summed E-state index contributed by atoms with van der Waals surface area (Å²) in [5.41, 5.74) is 2.53. The van der Waals surface area contributed by atoms with Crippen molar-refractivity contribution in [3.63, 3.8) is 0 Å². The van der Waals surface area contributed by atoms with Crippen LogP contribution in [0.15, 0.2) is 54.7 Å². The number of carbonyl (C=O) groups excluding carboxylic acids is 1. The summed E-state index contributed by atoms with van der Waals surface area (Å²) in [5.74, 6) is 0.632. The highest BCUT2D eigenvalue weighted by Gasteiger charge is 2.16. The average Bonchev–Trinajstić information content (AvgIpc) is 3.11. The molecule has 2 heterocycles. The number of hydrogen-bond acceptors (Lipinski definition) is 5. The highest BCUT2D eigenvalue weighted by Crippen LogP contribution is 2.33. The Bertz CT molecular complexity index is 1270. The number of benzene rings is 2. The molecule has 1 amide bonds.